The Morgan fingerprint density at radius 1 is 0.970 bits per heavy atom. The molecule has 0 fully saturated rings. The average molecular weight is 504 g/mol. The molecule has 4 rings (SSSR count). The van der Waals surface area contributed by atoms with E-state index in [2.05, 4.69) is 15.0 Å². The molecule has 0 aliphatic rings. The van der Waals surface area contributed by atoms with E-state index in [-0.39, 0.29) is 10.8 Å². The van der Waals surface area contributed by atoms with Gasteiger partial charge in [-0.2, -0.15) is 0 Å². The first-order chi connectivity index (χ1) is 15.8. The van der Waals surface area contributed by atoms with Crippen LogP contribution in [0.2, 0.25) is 5.02 Å². The number of ether oxygens (including phenoxy) is 2. The number of nitrogens with one attached hydrogen (secondary N) is 2. The number of carbonyl (C=O) groups is 1. The van der Waals surface area contributed by atoms with Gasteiger partial charge in [-0.15, -0.1) is 0 Å². The number of fused-ring (bicyclic) bond motifs is 1. The molecule has 11 heteroatoms. The van der Waals surface area contributed by atoms with Crippen LogP contribution in [0.3, 0.4) is 0 Å². The zero-order chi connectivity index (χ0) is 23.6. The predicted molar refractivity (Wildman–Crippen MR) is 129 cm³/mol. The van der Waals surface area contributed by atoms with Gasteiger partial charge in [-0.25, -0.2) is 13.4 Å². The summed E-state index contributed by atoms with van der Waals surface area (Å²) >= 11 is 7.11. The molecule has 0 atom stereocenters. The molecule has 0 radical (unpaired) electrons. The Kier molecular flexibility index (Phi) is 6.41. The van der Waals surface area contributed by atoms with E-state index in [4.69, 9.17) is 21.1 Å². The molecule has 0 saturated carbocycles. The molecule has 170 valence electrons. The Hall–Kier alpha value is -3.34. The third-order valence-corrected chi connectivity index (χ3v) is 7.22. The standard InChI is InChI=1S/C22H18ClN3O5S2/c1-30-18-11-17-20(12-19(18)31-2)32-22(24-17)25-21(27)13-3-7-15(8-4-13)26-33(28,29)16-9-5-14(23)6-10-16/h3-12,26H,1-2H3,(H,24,25,27). The summed E-state index contributed by atoms with van der Waals surface area (Å²) < 4.78 is 38.9. The van der Waals surface area contributed by atoms with E-state index in [0.29, 0.717) is 38.4 Å². The summed E-state index contributed by atoms with van der Waals surface area (Å²) in [7, 11) is -0.688. The maximum atomic E-state index is 12.6. The summed E-state index contributed by atoms with van der Waals surface area (Å²) in [5, 5.41) is 3.61. The van der Waals surface area contributed by atoms with Gasteiger partial charge in [-0.1, -0.05) is 22.9 Å². The summed E-state index contributed by atoms with van der Waals surface area (Å²) in [5.74, 6) is 0.744. The first kappa shape index (κ1) is 22.8. The summed E-state index contributed by atoms with van der Waals surface area (Å²) in [5.41, 5.74) is 1.33. The number of thiazole rings is 1. The molecule has 0 aliphatic carbocycles. The lowest BCUT2D eigenvalue weighted by Crippen LogP contribution is -2.14. The molecule has 1 aromatic heterocycles. The number of hydrogen-bond acceptors (Lipinski definition) is 7. The normalized spacial score (nSPS) is 11.2. The van der Waals surface area contributed by atoms with Gasteiger partial charge in [-0.05, 0) is 48.5 Å². The van der Waals surface area contributed by atoms with Crippen molar-refractivity contribution in [2.45, 2.75) is 4.90 Å². The summed E-state index contributed by atoms with van der Waals surface area (Å²) in [6.45, 7) is 0. The van der Waals surface area contributed by atoms with Gasteiger partial charge in [0.2, 0.25) is 0 Å². The van der Waals surface area contributed by atoms with Gasteiger partial charge in [0.15, 0.2) is 16.6 Å². The predicted octanol–water partition coefficient (Wildman–Crippen LogP) is 5.02. The van der Waals surface area contributed by atoms with Gasteiger partial charge in [0, 0.05) is 28.4 Å². The van der Waals surface area contributed by atoms with Gasteiger partial charge >= 0.3 is 0 Å². The maximum absolute atomic E-state index is 12.6. The highest BCUT2D eigenvalue weighted by molar-refractivity contribution is 7.92. The molecule has 0 aliphatic heterocycles. The minimum absolute atomic E-state index is 0.0813. The molecular weight excluding hydrogens is 486 g/mol. The second kappa shape index (κ2) is 9.26. The second-order valence-corrected chi connectivity index (χ2v) is 9.93. The fourth-order valence-electron chi connectivity index (χ4n) is 3.00. The molecule has 0 bridgehead atoms. The Morgan fingerprint density at radius 3 is 2.24 bits per heavy atom. The van der Waals surface area contributed by atoms with Crippen LogP contribution in [0.1, 0.15) is 10.4 Å². The molecule has 0 saturated heterocycles. The fraction of sp³-hybridized carbons (Fsp3) is 0.0909. The van der Waals surface area contributed by atoms with E-state index in [0.717, 1.165) is 4.70 Å². The Morgan fingerprint density at radius 2 is 1.61 bits per heavy atom. The van der Waals surface area contributed by atoms with Crippen molar-refractivity contribution in [1.29, 1.82) is 0 Å². The lowest BCUT2D eigenvalue weighted by atomic mass is 10.2. The quantitative estimate of drug-likeness (QED) is 0.367. The van der Waals surface area contributed by atoms with Gasteiger partial charge in [0.1, 0.15) is 0 Å². The molecule has 0 unspecified atom stereocenters. The van der Waals surface area contributed by atoms with Crippen molar-refractivity contribution >= 4 is 59.9 Å². The molecule has 33 heavy (non-hydrogen) atoms. The van der Waals surface area contributed by atoms with Crippen molar-refractivity contribution in [2.75, 3.05) is 24.3 Å². The van der Waals surface area contributed by atoms with Crippen molar-refractivity contribution < 1.29 is 22.7 Å². The average Bonchev–Trinajstić information content (AvgIpc) is 3.19. The van der Waals surface area contributed by atoms with Gasteiger partial charge in [0.25, 0.3) is 15.9 Å². The number of sulfonamides is 1. The van der Waals surface area contributed by atoms with E-state index in [9.17, 15) is 13.2 Å². The van der Waals surface area contributed by atoms with Gasteiger partial charge in [-0.3, -0.25) is 14.8 Å². The van der Waals surface area contributed by atoms with Crippen LogP contribution in [0.25, 0.3) is 10.2 Å². The smallest absolute Gasteiger partial charge is 0.261 e. The van der Waals surface area contributed by atoms with E-state index in [1.165, 1.54) is 67.0 Å². The SMILES string of the molecule is COc1cc2nc(NC(=O)c3ccc(NS(=O)(=O)c4ccc(Cl)cc4)cc3)sc2cc1OC. The first-order valence-electron chi connectivity index (χ1n) is 9.51. The minimum Gasteiger partial charge on any atom is -0.493 e. The number of amides is 1. The zero-order valence-electron chi connectivity index (χ0n) is 17.5. The fourth-order valence-corrected chi connectivity index (χ4v) is 5.05. The number of benzene rings is 3. The minimum atomic E-state index is -3.78. The molecule has 4 aromatic rings. The van der Waals surface area contributed by atoms with Crippen LogP contribution in [0, 0.1) is 0 Å². The van der Waals surface area contributed by atoms with Crippen LogP contribution < -0.4 is 19.5 Å². The Bertz CT molecular complexity index is 1380. The summed E-state index contributed by atoms with van der Waals surface area (Å²) in [4.78, 5) is 17.1. The van der Waals surface area contributed by atoms with Crippen molar-refractivity contribution in [3.63, 3.8) is 0 Å². The van der Waals surface area contributed by atoms with E-state index >= 15 is 0 Å². The monoisotopic (exact) mass is 503 g/mol. The number of carbonyl (C=O) groups excluding carboxylic acids is 1. The maximum Gasteiger partial charge on any atom is 0.261 e. The van der Waals surface area contributed by atoms with Gasteiger partial charge in [0.05, 0.1) is 29.3 Å². The molecule has 1 heterocycles. The summed E-state index contributed by atoms with van der Waals surface area (Å²) in [6, 6.07) is 15.4. The van der Waals surface area contributed by atoms with Crippen LogP contribution >= 0.6 is 22.9 Å². The van der Waals surface area contributed by atoms with E-state index in [1.807, 2.05) is 0 Å². The van der Waals surface area contributed by atoms with Crippen LogP contribution in [-0.4, -0.2) is 33.5 Å². The van der Waals surface area contributed by atoms with Gasteiger partial charge < -0.3 is 9.47 Å². The number of rotatable bonds is 7. The number of nitrogens with zero attached hydrogens (tertiary/aromatic N) is 1. The third-order valence-electron chi connectivity index (χ3n) is 4.64. The van der Waals surface area contributed by atoms with E-state index in [1.54, 1.807) is 19.2 Å². The van der Waals surface area contributed by atoms with Crippen LogP contribution in [-0.2, 0) is 10.0 Å². The molecule has 1 amide bonds. The number of aromatic nitrogens is 1. The zero-order valence-corrected chi connectivity index (χ0v) is 19.8. The van der Waals surface area contributed by atoms with Crippen LogP contribution in [0.4, 0.5) is 10.8 Å². The largest absolute Gasteiger partial charge is 0.493 e. The van der Waals surface area contributed by atoms with E-state index < -0.39 is 10.0 Å². The van der Waals surface area contributed by atoms with Crippen molar-refractivity contribution in [3.05, 3.63) is 71.2 Å². The topological polar surface area (TPSA) is 107 Å². The lowest BCUT2D eigenvalue weighted by molar-refractivity contribution is 0.102. The molecule has 8 nitrogen and oxygen atoms in total. The number of halogens is 1. The number of hydrogen-bond donors (Lipinski definition) is 2. The van der Waals surface area contributed by atoms with Crippen molar-refractivity contribution in [3.8, 4) is 11.5 Å². The number of anilines is 2. The molecular formula is C22H18ClN3O5S2. The highest BCUT2D eigenvalue weighted by Gasteiger charge is 2.16. The Balaban J connectivity index is 1.48. The first-order valence-corrected chi connectivity index (χ1v) is 12.2. The molecule has 3 aromatic carbocycles. The number of methoxy groups -OCH3 is 2. The molecule has 0 spiro atoms. The Labute approximate surface area is 199 Å². The van der Waals surface area contributed by atoms with Crippen LogP contribution in [0.15, 0.2) is 65.6 Å². The van der Waals surface area contributed by atoms with Crippen molar-refractivity contribution in [1.82, 2.24) is 4.98 Å². The second-order valence-electron chi connectivity index (χ2n) is 6.78. The van der Waals surface area contributed by atoms with Crippen molar-refractivity contribution in [2.24, 2.45) is 0 Å². The lowest BCUT2D eigenvalue weighted by Gasteiger charge is -2.09. The highest BCUT2D eigenvalue weighted by Crippen LogP contribution is 2.36. The third kappa shape index (κ3) is 5.03. The molecule has 2 N–H and O–H groups in total. The van der Waals surface area contributed by atoms with Crippen LogP contribution in [0.5, 0.6) is 11.5 Å². The highest BCUT2D eigenvalue weighted by atomic mass is 35.5. The summed E-state index contributed by atoms with van der Waals surface area (Å²) in [6.07, 6.45) is 0.